The minimum Gasteiger partial charge on any atom is -0.444 e. The van der Waals surface area contributed by atoms with E-state index in [1.807, 2.05) is 43.7 Å². The Morgan fingerprint density at radius 1 is 1.16 bits per heavy atom. The highest BCUT2D eigenvalue weighted by molar-refractivity contribution is 6.02. The number of carbonyl (C=O) groups is 1. The number of hydrogen-bond acceptors (Lipinski definition) is 8. The first-order chi connectivity index (χ1) is 17.7. The quantitative estimate of drug-likeness (QED) is 0.415. The monoisotopic (exact) mass is 496 g/mol. The van der Waals surface area contributed by atoms with Crippen LogP contribution < -0.4 is 4.90 Å². The van der Waals surface area contributed by atoms with Crippen molar-refractivity contribution < 1.29 is 9.53 Å². The fourth-order valence-corrected chi connectivity index (χ4v) is 4.56. The first kappa shape index (κ1) is 24.2. The van der Waals surface area contributed by atoms with E-state index in [0.29, 0.717) is 36.7 Å². The molecule has 1 aliphatic heterocycles. The van der Waals surface area contributed by atoms with Gasteiger partial charge in [0.1, 0.15) is 23.6 Å². The topological polar surface area (TPSA) is 113 Å². The largest absolute Gasteiger partial charge is 0.444 e. The van der Waals surface area contributed by atoms with Crippen LogP contribution in [0.1, 0.15) is 33.3 Å². The van der Waals surface area contributed by atoms with Crippen molar-refractivity contribution in [2.24, 2.45) is 0 Å². The normalized spacial score (nSPS) is 16.0. The van der Waals surface area contributed by atoms with E-state index in [2.05, 4.69) is 32.8 Å². The molecule has 5 rings (SSSR count). The molecule has 4 aromatic heterocycles. The zero-order valence-corrected chi connectivity index (χ0v) is 21.3. The molecule has 10 nitrogen and oxygen atoms in total. The molecule has 1 fully saturated rings. The molecule has 0 aromatic carbocycles. The standard InChI is InChI=1S/C27H28N8O2/c1-18-15-33(26(36)37-27(2,3)4)10-11-34(18)24-23-21(20-6-5-8-29-14-20)16-35(25(23)32-17-31-24)22-12-19(13-28)7-9-30-22/h5-9,12,14,16-18H,10-11,15H2,1-4H3. The number of pyridine rings is 2. The van der Waals surface area contributed by atoms with Gasteiger partial charge in [-0.25, -0.2) is 19.7 Å². The van der Waals surface area contributed by atoms with Crippen molar-refractivity contribution in [3.05, 3.63) is 60.9 Å². The second kappa shape index (κ2) is 9.50. The summed E-state index contributed by atoms with van der Waals surface area (Å²) < 4.78 is 7.47. The van der Waals surface area contributed by atoms with Gasteiger partial charge in [-0.3, -0.25) is 9.55 Å². The maximum atomic E-state index is 12.7. The summed E-state index contributed by atoms with van der Waals surface area (Å²) in [5.41, 5.74) is 2.46. The molecule has 0 N–H and O–H groups in total. The molecular formula is C27H28N8O2. The number of anilines is 1. The lowest BCUT2D eigenvalue weighted by Gasteiger charge is -2.41. The van der Waals surface area contributed by atoms with Gasteiger partial charge < -0.3 is 14.5 Å². The van der Waals surface area contributed by atoms with Crippen LogP contribution in [0.15, 0.2) is 55.4 Å². The molecule has 188 valence electrons. The van der Waals surface area contributed by atoms with Crippen LogP contribution in [-0.4, -0.2) is 66.8 Å². The van der Waals surface area contributed by atoms with Crippen molar-refractivity contribution in [1.29, 1.82) is 5.26 Å². The van der Waals surface area contributed by atoms with Crippen molar-refractivity contribution in [2.45, 2.75) is 39.3 Å². The van der Waals surface area contributed by atoms with Crippen molar-refractivity contribution in [3.8, 4) is 23.0 Å². The number of amides is 1. The predicted molar refractivity (Wildman–Crippen MR) is 139 cm³/mol. The highest BCUT2D eigenvalue weighted by atomic mass is 16.6. The van der Waals surface area contributed by atoms with Crippen LogP contribution in [0.25, 0.3) is 28.0 Å². The van der Waals surface area contributed by atoms with Gasteiger partial charge in [-0.05, 0) is 45.9 Å². The molecule has 0 spiro atoms. The zero-order valence-electron chi connectivity index (χ0n) is 21.3. The SMILES string of the molecule is CC1CN(C(=O)OC(C)(C)C)CCN1c1ncnc2c1c(-c1cccnc1)cn2-c1cc(C#N)ccn1. The van der Waals surface area contributed by atoms with E-state index in [1.54, 1.807) is 42.0 Å². The van der Waals surface area contributed by atoms with Crippen molar-refractivity contribution in [1.82, 2.24) is 29.4 Å². The molecular weight excluding hydrogens is 468 g/mol. The highest BCUT2D eigenvalue weighted by Crippen LogP contribution is 2.37. The van der Waals surface area contributed by atoms with Crippen molar-refractivity contribution in [3.63, 3.8) is 0 Å². The molecule has 1 saturated heterocycles. The molecule has 0 saturated carbocycles. The molecule has 1 aliphatic rings. The average molecular weight is 497 g/mol. The molecule has 37 heavy (non-hydrogen) atoms. The molecule has 1 atom stereocenters. The van der Waals surface area contributed by atoms with Gasteiger partial charge in [0.15, 0.2) is 5.65 Å². The van der Waals surface area contributed by atoms with Crippen LogP contribution >= 0.6 is 0 Å². The molecule has 1 amide bonds. The number of nitriles is 1. The second-order valence-electron chi connectivity index (χ2n) is 10.0. The Labute approximate surface area is 215 Å². The molecule has 4 aromatic rings. The number of rotatable bonds is 3. The third-order valence-electron chi connectivity index (χ3n) is 6.21. The number of fused-ring (bicyclic) bond motifs is 1. The van der Waals surface area contributed by atoms with Gasteiger partial charge in [0.05, 0.1) is 17.0 Å². The summed E-state index contributed by atoms with van der Waals surface area (Å²) in [5, 5.41) is 10.3. The first-order valence-electron chi connectivity index (χ1n) is 12.1. The summed E-state index contributed by atoms with van der Waals surface area (Å²) in [6, 6.07) is 9.45. The lowest BCUT2D eigenvalue weighted by atomic mass is 10.1. The maximum Gasteiger partial charge on any atom is 0.410 e. The van der Waals surface area contributed by atoms with E-state index in [4.69, 9.17) is 9.72 Å². The third kappa shape index (κ3) is 4.80. The zero-order chi connectivity index (χ0) is 26.2. The van der Waals surface area contributed by atoms with Crippen LogP contribution in [0.4, 0.5) is 10.6 Å². The minimum atomic E-state index is -0.547. The number of aromatic nitrogens is 5. The van der Waals surface area contributed by atoms with Crippen LogP contribution in [0.5, 0.6) is 0 Å². The summed E-state index contributed by atoms with van der Waals surface area (Å²) in [7, 11) is 0. The predicted octanol–water partition coefficient (Wildman–Crippen LogP) is 4.19. The number of hydrogen-bond donors (Lipinski definition) is 0. The van der Waals surface area contributed by atoms with Crippen LogP contribution in [0, 0.1) is 11.3 Å². The highest BCUT2D eigenvalue weighted by Gasteiger charge is 2.32. The van der Waals surface area contributed by atoms with Gasteiger partial charge in [0, 0.05) is 61.6 Å². The van der Waals surface area contributed by atoms with E-state index < -0.39 is 5.60 Å². The van der Waals surface area contributed by atoms with Gasteiger partial charge >= 0.3 is 6.09 Å². The summed E-state index contributed by atoms with van der Waals surface area (Å²) in [6.07, 6.45) is 8.35. The van der Waals surface area contributed by atoms with Crippen molar-refractivity contribution >= 4 is 22.9 Å². The second-order valence-corrected chi connectivity index (χ2v) is 10.0. The summed E-state index contributed by atoms with van der Waals surface area (Å²) in [5.74, 6) is 1.36. The summed E-state index contributed by atoms with van der Waals surface area (Å²) >= 11 is 0. The summed E-state index contributed by atoms with van der Waals surface area (Å²) in [6.45, 7) is 9.29. The maximum absolute atomic E-state index is 12.7. The van der Waals surface area contributed by atoms with Crippen molar-refractivity contribution in [2.75, 3.05) is 24.5 Å². The molecule has 10 heteroatoms. The fraction of sp³-hybridized carbons (Fsp3) is 0.333. The fourth-order valence-electron chi connectivity index (χ4n) is 4.56. The number of nitrogens with zero attached hydrogens (tertiary/aromatic N) is 8. The summed E-state index contributed by atoms with van der Waals surface area (Å²) in [4.78, 5) is 34.8. The van der Waals surface area contributed by atoms with Gasteiger partial charge in [0.2, 0.25) is 0 Å². The Morgan fingerprint density at radius 2 is 2.00 bits per heavy atom. The Hall–Kier alpha value is -4.52. The molecule has 0 radical (unpaired) electrons. The number of ether oxygens (including phenoxy) is 1. The molecule has 1 unspecified atom stereocenters. The van der Waals surface area contributed by atoms with Gasteiger partial charge in [0.25, 0.3) is 0 Å². The Kier molecular flexibility index (Phi) is 6.21. The average Bonchev–Trinajstić information content (AvgIpc) is 3.28. The molecule has 0 aliphatic carbocycles. The van der Waals surface area contributed by atoms with E-state index >= 15 is 0 Å². The Morgan fingerprint density at radius 3 is 2.70 bits per heavy atom. The lowest BCUT2D eigenvalue weighted by molar-refractivity contribution is 0.0218. The number of piperazine rings is 1. The minimum absolute atomic E-state index is 0.00971. The van der Waals surface area contributed by atoms with Crippen LogP contribution in [0.3, 0.4) is 0 Å². The van der Waals surface area contributed by atoms with E-state index in [0.717, 1.165) is 22.3 Å². The number of carbonyl (C=O) groups excluding carboxylic acids is 1. The first-order valence-corrected chi connectivity index (χ1v) is 12.1. The van der Waals surface area contributed by atoms with Gasteiger partial charge in [-0.1, -0.05) is 6.07 Å². The van der Waals surface area contributed by atoms with Gasteiger partial charge in [-0.15, -0.1) is 0 Å². The van der Waals surface area contributed by atoms with Crippen LogP contribution in [-0.2, 0) is 4.74 Å². The molecule has 5 heterocycles. The van der Waals surface area contributed by atoms with E-state index in [1.165, 1.54) is 0 Å². The smallest absolute Gasteiger partial charge is 0.410 e. The Bertz CT molecular complexity index is 1490. The van der Waals surface area contributed by atoms with E-state index in [9.17, 15) is 10.1 Å². The van der Waals surface area contributed by atoms with E-state index in [-0.39, 0.29) is 12.1 Å². The van der Waals surface area contributed by atoms with Gasteiger partial charge in [-0.2, -0.15) is 5.26 Å². The van der Waals surface area contributed by atoms with Crippen LogP contribution in [0.2, 0.25) is 0 Å². The lowest BCUT2D eigenvalue weighted by Crippen LogP contribution is -2.54. The molecule has 0 bridgehead atoms. The Balaban J connectivity index is 1.59. The third-order valence-corrected chi connectivity index (χ3v) is 6.21.